The molecule has 8 nitrogen and oxygen atoms in total. The Morgan fingerprint density at radius 1 is 0.784 bits per heavy atom. The van der Waals surface area contributed by atoms with Crippen LogP contribution in [0.15, 0.2) is 89.9 Å². The van der Waals surface area contributed by atoms with E-state index in [1.165, 1.54) is 11.8 Å². The van der Waals surface area contributed by atoms with Gasteiger partial charge in [-0.2, -0.15) is 0 Å². The number of ether oxygens (including phenoxy) is 3. The lowest BCUT2D eigenvalue weighted by molar-refractivity contribution is -0.936. The number of methoxy groups -OCH3 is 2. The molecule has 1 N–H and O–H groups in total. The molecule has 1 heterocycles. The fraction of sp³-hybridized carbons (Fsp3) is 0.300. The summed E-state index contributed by atoms with van der Waals surface area (Å²) in [6.07, 6.45) is 0.755. The zero-order valence-electron chi connectivity index (χ0n) is 29.8. The highest BCUT2D eigenvalue weighted by Crippen LogP contribution is 2.35. The molecular weight excluding hydrogens is 676 g/mol. The Labute approximate surface area is 303 Å². The molecule has 0 radical (unpaired) electrons. The van der Waals surface area contributed by atoms with Gasteiger partial charge >= 0.3 is 0 Å². The standard InChI is InChI=1S/C40H43F2N3O5.ClH/c1-7-44(31-20-29(41)19-30(42)21-31)40(47)36-24-43-37-23-32(15-16-35(37)38(36)46)50-39(28-17-33(48-5)22-34(18-28)49-6)27-13-11-26(12-14-27)25-45(8-2,9-3)10-4;/h11-24,39H,7-10,25H2,1-6H3;1H. The highest BCUT2D eigenvalue weighted by atomic mass is 35.5. The first-order chi connectivity index (χ1) is 24.1. The van der Waals surface area contributed by atoms with Crippen LogP contribution in [0.5, 0.6) is 17.2 Å². The van der Waals surface area contributed by atoms with E-state index in [0.29, 0.717) is 22.8 Å². The fourth-order valence-electron chi connectivity index (χ4n) is 6.35. The minimum Gasteiger partial charge on any atom is -1.00 e. The Balaban J connectivity index is 0.00000583. The summed E-state index contributed by atoms with van der Waals surface area (Å²) in [4.78, 5) is 31.3. The van der Waals surface area contributed by atoms with Gasteiger partial charge in [-0.05, 0) is 69.7 Å². The third-order valence-electron chi connectivity index (χ3n) is 9.55. The van der Waals surface area contributed by atoms with Crippen LogP contribution in [-0.4, -0.2) is 55.8 Å². The molecule has 0 aliphatic heterocycles. The van der Waals surface area contributed by atoms with Crippen molar-refractivity contribution in [2.24, 2.45) is 0 Å². The summed E-state index contributed by atoms with van der Waals surface area (Å²) in [5.41, 5.74) is 2.75. The number of aromatic amines is 1. The second-order valence-corrected chi connectivity index (χ2v) is 12.2. The Morgan fingerprint density at radius 3 is 1.94 bits per heavy atom. The van der Waals surface area contributed by atoms with E-state index in [1.54, 1.807) is 45.4 Å². The van der Waals surface area contributed by atoms with E-state index in [4.69, 9.17) is 14.2 Å². The summed E-state index contributed by atoms with van der Waals surface area (Å²) in [5.74, 6) is -0.612. The second-order valence-electron chi connectivity index (χ2n) is 12.2. The van der Waals surface area contributed by atoms with Gasteiger partial charge < -0.3 is 41.0 Å². The lowest BCUT2D eigenvalue weighted by Gasteiger charge is -2.36. The molecule has 1 amide bonds. The third-order valence-corrected chi connectivity index (χ3v) is 9.55. The summed E-state index contributed by atoms with van der Waals surface area (Å²) in [5, 5.41) is 0.262. The number of benzene rings is 4. The van der Waals surface area contributed by atoms with E-state index in [1.807, 2.05) is 12.1 Å². The van der Waals surface area contributed by atoms with Gasteiger partial charge in [0.05, 0.1) is 39.4 Å². The molecule has 0 aliphatic carbocycles. The summed E-state index contributed by atoms with van der Waals surface area (Å²) < 4.78 is 46.7. The molecule has 4 aromatic carbocycles. The van der Waals surface area contributed by atoms with Crippen LogP contribution in [0.25, 0.3) is 10.9 Å². The number of nitrogens with one attached hydrogen (secondary N) is 1. The van der Waals surface area contributed by atoms with Crippen molar-refractivity contribution < 1.29 is 44.7 Å². The van der Waals surface area contributed by atoms with Crippen molar-refractivity contribution in [1.82, 2.24) is 4.98 Å². The first-order valence-corrected chi connectivity index (χ1v) is 16.8. The molecule has 5 rings (SSSR count). The Morgan fingerprint density at radius 2 is 1.39 bits per heavy atom. The molecule has 0 saturated carbocycles. The number of amides is 1. The predicted octanol–water partition coefficient (Wildman–Crippen LogP) is 5.04. The number of aromatic nitrogens is 1. The smallest absolute Gasteiger partial charge is 0.263 e. The Hall–Kier alpha value is -4.93. The van der Waals surface area contributed by atoms with Gasteiger partial charge in [0.25, 0.3) is 5.91 Å². The Bertz CT molecular complexity index is 1980. The van der Waals surface area contributed by atoms with Gasteiger partial charge in [0.2, 0.25) is 5.43 Å². The van der Waals surface area contributed by atoms with Crippen molar-refractivity contribution in [3.8, 4) is 17.2 Å². The molecular formula is C40H44ClF2N3O5. The molecule has 0 spiro atoms. The molecule has 51 heavy (non-hydrogen) atoms. The third kappa shape index (κ3) is 8.52. The first kappa shape index (κ1) is 38.9. The summed E-state index contributed by atoms with van der Waals surface area (Å²) in [6, 6.07) is 21.9. The average molecular weight is 720 g/mol. The van der Waals surface area contributed by atoms with Crippen LogP contribution < -0.4 is 36.9 Å². The maximum Gasteiger partial charge on any atom is 0.263 e. The number of anilines is 1. The van der Waals surface area contributed by atoms with Crippen LogP contribution in [0.1, 0.15) is 60.8 Å². The summed E-state index contributed by atoms with van der Waals surface area (Å²) in [7, 11) is 3.19. The number of rotatable bonds is 14. The van der Waals surface area contributed by atoms with E-state index >= 15 is 0 Å². The number of halogens is 3. The van der Waals surface area contributed by atoms with Crippen LogP contribution >= 0.6 is 0 Å². The zero-order chi connectivity index (χ0) is 36.0. The van der Waals surface area contributed by atoms with E-state index in [-0.39, 0.29) is 35.6 Å². The Kier molecular flexibility index (Phi) is 12.8. The monoisotopic (exact) mass is 719 g/mol. The van der Waals surface area contributed by atoms with E-state index < -0.39 is 29.1 Å². The number of pyridine rings is 1. The van der Waals surface area contributed by atoms with Crippen molar-refractivity contribution in [2.45, 2.75) is 40.3 Å². The lowest BCUT2D eigenvalue weighted by Crippen LogP contribution is -3.00. The largest absolute Gasteiger partial charge is 1.00 e. The number of hydrogen-bond donors (Lipinski definition) is 1. The number of H-pyrrole nitrogens is 1. The molecule has 0 aliphatic rings. The SMILES string of the molecule is CCN(C(=O)c1c[nH]c2cc(OC(c3ccc(C[N+](CC)(CC)CC)cc3)c3cc(OC)cc(OC)c3)ccc2c1=O)c1cc(F)cc(F)c1.[Cl-]. The normalized spacial score (nSPS) is 11.8. The quantitative estimate of drug-likeness (QED) is 0.163. The number of fused-ring (bicyclic) bond motifs is 1. The average Bonchev–Trinajstić information content (AvgIpc) is 3.13. The summed E-state index contributed by atoms with van der Waals surface area (Å²) >= 11 is 0. The lowest BCUT2D eigenvalue weighted by atomic mass is 9.99. The maximum atomic E-state index is 13.9. The predicted molar refractivity (Wildman–Crippen MR) is 192 cm³/mol. The number of carbonyl (C=O) groups excluding carboxylic acids is 1. The van der Waals surface area contributed by atoms with Crippen molar-refractivity contribution in [3.63, 3.8) is 0 Å². The molecule has 1 atom stereocenters. The number of hydrogen-bond acceptors (Lipinski definition) is 5. The van der Waals surface area contributed by atoms with E-state index in [9.17, 15) is 18.4 Å². The number of carbonyl (C=O) groups is 1. The molecule has 1 unspecified atom stereocenters. The zero-order valence-corrected chi connectivity index (χ0v) is 30.5. The van der Waals surface area contributed by atoms with Gasteiger partial charge in [-0.3, -0.25) is 9.59 Å². The highest BCUT2D eigenvalue weighted by molar-refractivity contribution is 6.07. The molecule has 11 heteroatoms. The van der Waals surface area contributed by atoms with E-state index in [2.05, 4.69) is 50.0 Å². The minimum absolute atomic E-state index is 0. The van der Waals surface area contributed by atoms with Gasteiger partial charge in [0.1, 0.15) is 47.1 Å². The second kappa shape index (κ2) is 16.9. The van der Waals surface area contributed by atoms with Gasteiger partial charge in [-0.15, -0.1) is 0 Å². The van der Waals surface area contributed by atoms with Gasteiger partial charge in [0, 0.05) is 53.1 Å². The number of quaternary nitrogens is 1. The maximum absolute atomic E-state index is 13.9. The van der Waals surface area contributed by atoms with Crippen LogP contribution in [0.4, 0.5) is 14.5 Å². The topological polar surface area (TPSA) is 80.9 Å². The number of nitrogens with zero attached hydrogens (tertiary/aromatic N) is 2. The van der Waals surface area contributed by atoms with E-state index in [0.717, 1.165) is 64.9 Å². The minimum atomic E-state index is -0.821. The van der Waals surface area contributed by atoms with Crippen LogP contribution in [0.3, 0.4) is 0 Å². The van der Waals surface area contributed by atoms with Gasteiger partial charge in [0.15, 0.2) is 0 Å². The van der Waals surface area contributed by atoms with Crippen molar-refractivity contribution >= 4 is 22.5 Å². The highest BCUT2D eigenvalue weighted by Gasteiger charge is 2.25. The van der Waals surface area contributed by atoms with Crippen LogP contribution in [0, 0.1) is 11.6 Å². The van der Waals surface area contributed by atoms with Crippen molar-refractivity contribution in [3.05, 3.63) is 129 Å². The fourth-order valence-corrected chi connectivity index (χ4v) is 6.35. The van der Waals surface area contributed by atoms with Gasteiger partial charge in [-0.25, -0.2) is 8.78 Å². The molecule has 270 valence electrons. The van der Waals surface area contributed by atoms with Crippen molar-refractivity contribution in [2.75, 3.05) is 45.3 Å². The van der Waals surface area contributed by atoms with Gasteiger partial charge in [-0.1, -0.05) is 24.3 Å². The molecule has 0 fully saturated rings. The first-order valence-electron chi connectivity index (χ1n) is 16.8. The summed E-state index contributed by atoms with van der Waals surface area (Å²) in [6.45, 7) is 12.5. The molecule has 0 bridgehead atoms. The molecule has 5 aromatic rings. The van der Waals surface area contributed by atoms with Crippen LogP contribution in [0.2, 0.25) is 0 Å². The van der Waals surface area contributed by atoms with Crippen LogP contribution in [-0.2, 0) is 6.54 Å². The molecule has 1 aromatic heterocycles. The molecule has 0 saturated heterocycles. The van der Waals surface area contributed by atoms with Crippen molar-refractivity contribution in [1.29, 1.82) is 0 Å².